The molecule has 0 atom stereocenters. The van der Waals surface area contributed by atoms with E-state index in [0.29, 0.717) is 6.61 Å². The van der Waals surface area contributed by atoms with E-state index >= 15 is 0 Å². The summed E-state index contributed by atoms with van der Waals surface area (Å²) in [4.78, 5) is 10.0. The Balaban J connectivity index is 1.51. The highest BCUT2D eigenvalue weighted by molar-refractivity contribution is 5.66. The number of para-hydroxylation sites is 1. The number of aromatic nitrogens is 2. The molecular formula is C17H19N3O2. The molecule has 0 amide bonds. The van der Waals surface area contributed by atoms with Gasteiger partial charge in [-0.2, -0.15) is 0 Å². The number of H-pyrrole nitrogens is 1. The summed E-state index contributed by atoms with van der Waals surface area (Å²) < 4.78 is 11.3. The van der Waals surface area contributed by atoms with Crippen molar-refractivity contribution in [3.05, 3.63) is 47.1 Å². The molecule has 0 saturated carbocycles. The third kappa shape index (κ3) is 2.37. The fraction of sp³-hybridized carbons (Fsp3) is 0.353. The highest BCUT2D eigenvalue weighted by Gasteiger charge is 2.21. The van der Waals surface area contributed by atoms with Gasteiger partial charge in [-0.15, -0.1) is 0 Å². The first-order valence-corrected chi connectivity index (χ1v) is 7.56. The zero-order valence-electron chi connectivity index (χ0n) is 12.6. The smallest absolute Gasteiger partial charge is 0.168 e. The maximum absolute atomic E-state index is 5.91. The summed E-state index contributed by atoms with van der Waals surface area (Å²) in [5, 5.41) is 0. The molecule has 0 fully saturated rings. The number of imidazole rings is 1. The highest BCUT2D eigenvalue weighted by Crippen LogP contribution is 2.35. The molecule has 1 aromatic heterocycles. The second-order valence-corrected chi connectivity index (χ2v) is 5.76. The van der Waals surface area contributed by atoms with Gasteiger partial charge >= 0.3 is 0 Å². The lowest BCUT2D eigenvalue weighted by Crippen LogP contribution is -2.33. The van der Waals surface area contributed by atoms with Crippen LogP contribution in [0.5, 0.6) is 11.5 Å². The summed E-state index contributed by atoms with van der Waals surface area (Å²) in [5.41, 5.74) is 4.84. The van der Waals surface area contributed by atoms with E-state index in [-0.39, 0.29) is 0 Å². The Bertz CT molecular complexity index is 720. The molecule has 2 aliphatic heterocycles. The third-order valence-electron chi connectivity index (χ3n) is 4.27. The molecule has 114 valence electrons. The van der Waals surface area contributed by atoms with Gasteiger partial charge in [0.25, 0.3) is 0 Å². The summed E-state index contributed by atoms with van der Waals surface area (Å²) in [6.07, 6.45) is 5.03. The number of hydrogen-bond donors (Lipinski definition) is 1. The minimum atomic E-state index is 0.625. The van der Waals surface area contributed by atoms with E-state index in [9.17, 15) is 0 Å². The van der Waals surface area contributed by atoms with Gasteiger partial charge in [-0.05, 0) is 17.7 Å². The summed E-state index contributed by atoms with van der Waals surface area (Å²) in [5.74, 6) is 1.65. The molecule has 0 bridgehead atoms. The molecule has 5 nitrogen and oxygen atoms in total. The standard InChI is InChI=1S/C17H19N3O2/c1-21-16-4-2-3-13-7-12(10-22-17(13)16)8-20-6-5-14-15(9-20)19-11-18-14/h2-4,7,11H,5-6,8-10H2,1H3,(H,18,19). The quantitative estimate of drug-likeness (QED) is 0.944. The molecule has 0 saturated heterocycles. The van der Waals surface area contributed by atoms with Crippen LogP contribution in [0, 0.1) is 0 Å². The summed E-state index contributed by atoms with van der Waals surface area (Å²) in [6, 6.07) is 6.00. The van der Waals surface area contributed by atoms with Crippen molar-refractivity contribution in [2.24, 2.45) is 0 Å². The van der Waals surface area contributed by atoms with Gasteiger partial charge in [0.1, 0.15) is 6.61 Å². The maximum atomic E-state index is 5.91. The van der Waals surface area contributed by atoms with Gasteiger partial charge in [0, 0.05) is 31.6 Å². The van der Waals surface area contributed by atoms with Crippen LogP contribution < -0.4 is 9.47 Å². The van der Waals surface area contributed by atoms with Crippen molar-refractivity contribution >= 4 is 6.08 Å². The van der Waals surface area contributed by atoms with E-state index in [2.05, 4.69) is 27.0 Å². The predicted molar refractivity (Wildman–Crippen MR) is 84.0 cm³/mol. The number of ether oxygens (including phenoxy) is 2. The topological polar surface area (TPSA) is 50.4 Å². The number of fused-ring (bicyclic) bond motifs is 2. The number of rotatable bonds is 3. The van der Waals surface area contributed by atoms with Crippen LogP contribution in [0.25, 0.3) is 6.08 Å². The lowest BCUT2D eigenvalue weighted by Gasteiger charge is -2.28. The van der Waals surface area contributed by atoms with Crippen LogP contribution in [0.2, 0.25) is 0 Å². The average Bonchev–Trinajstić information content (AvgIpc) is 3.01. The van der Waals surface area contributed by atoms with E-state index in [1.165, 1.54) is 17.0 Å². The van der Waals surface area contributed by atoms with Crippen LogP contribution >= 0.6 is 0 Å². The lowest BCUT2D eigenvalue weighted by molar-refractivity contribution is 0.250. The molecule has 1 aromatic carbocycles. The van der Waals surface area contributed by atoms with E-state index < -0.39 is 0 Å². The number of nitrogens with zero attached hydrogens (tertiary/aromatic N) is 2. The van der Waals surface area contributed by atoms with Gasteiger partial charge in [0.05, 0.1) is 24.8 Å². The molecule has 4 rings (SSSR count). The summed E-state index contributed by atoms with van der Waals surface area (Å²) in [7, 11) is 1.67. The molecule has 5 heteroatoms. The number of aromatic amines is 1. The van der Waals surface area contributed by atoms with Gasteiger partial charge in [-0.1, -0.05) is 12.1 Å². The first-order chi connectivity index (χ1) is 10.8. The van der Waals surface area contributed by atoms with E-state index in [1.807, 2.05) is 12.1 Å². The zero-order chi connectivity index (χ0) is 14.9. The Hall–Kier alpha value is -2.27. The number of nitrogens with one attached hydrogen (secondary N) is 1. The second-order valence-electron chi connectivity index (χ2n) is 5.76. The maximum Gasteiger partial charge on any atom is 0.168 e. The van der Waals surface area contributed by atoms with Crippen LogP contribution in [0.15, 0.2) is 30.1 Å². The highest BCUT2D eigenvalue weighted by atomic mass is 16.5. The van der Waals surface area contributed by atoms with Crippen LogP contribution in [0.4, 0.5) is 0 Å². The fourth-order valence-corrected chi connectivity index (χ4v) is 3.17. The van der Waals surface area contributed by atoms with Crippen molar-refractivity contribution in [3.8, 4) is 11.5 Å². The number of methoxy groups -OCH3 is 1. The van der Waals surface area contributed by atoms with Gasteiger partial charge in [-0.25, -0.2) is 4.98 Å². The van der Waals surface area contributed by atoms with Gasteiger partial charge in [0.15, 0.2) is 11.5 Å². The number of benzene rings is 1. The molecule has 2 aliphatic rings. The summed E-state index contributed by atoms with van der Waals surface area (Å²) >= 11 is 0. The predicted octanol–water partition coefficient (Wildman–Crippen LogP) is 2.25. The van der Waals surface area contributed by atoms with Gasteiger partial charge < -0.3 is 14.5 Å². The van der Waals surface area contributed by atoms with Crippen molar-refractivity contribution in [1.29, 1.82) is 0 Å². The Morgan fingerprint density at radius 2 is 2.36 bits per heavy atom. The average molecular weight is 297 g/mol. The van der Waals surface area contributed by atoms with Gasteiger partial charge in [-0.3, -0.25) is 4.90 Å². The molecule has 0 aliphatic carbocycles. The van der Waals surface area contributed by atoms with Gasteiger partial charge in [0.2, 0.25) is 0 Å². The molecule has 0 radical (unpaired) electrons. The third-order valence-corrected chi connectivity index (χ3v) is 4.27. The van der Waals surface area contributed by atoms with E-state index in [0.717, 1.165) is 43.1 Å². The van der Waals surface area contributed by atoms with Crippen LogP contribution in [-0.4, -0.2) is 41.7 Å². The minimum Gasteiger partial charge on any atom is -0.493 e. The van der Waals surface area contributed by atoms with Crippen molar-refractivity contribution in [3.63, 3.8) is 0 Å². The molecule has 2 aromatic rings. The van der Waals surface area contributed by atoms with Crippen LogP contribution in [0.3, 0.4) is 0 Å². The van der Waals surface area contributed by atoms with Crippen molar-refractivity contribution in [2.75, 3.05) is 26.8 Å². The first kappa shape index (κ1) is 13.4. The Labute approximate surface area is 129 Å². The second kappa shape index (κ2) is 5.50. The van der Waals surface area contributed by atoms with Crippen LogP contribution in [0.1, 0.15) is 17.0 Å². The zero-order valence-corrected chi connectivity index (χ0v) is 12.6. The minimum absolute atomic E-state index is 0.625. The molecular weight excluding hydrogens is 278 g/mol. The largest absolute Gasteiger partial charge is 0.493 e. The Morgan fingerprint density at radius 1 is 1.41 bits per heavy atom. The van der Waals surface area contributed by atoms with E-state index in [4.69, 9.17) is 9.47 Å². The first-order valence-electron chi connectivity index (χ1n) is 7.56. The molecule has 1 N–H and O–H groups in total. The monoisotopic (exact) mass is 297 g/mol. The fourth-order valence-electron chi connectivity index (χ4n) is 3.17. The normalized spacial score (nSPS) is 17.2. The molecule has 3 heterocycles. The number of hydrogen-bond acceptors (Lipinski definition) is 4. The van der Waals surface area contributed by atoms with Crippen molar-refractivity contribution in [2.45, 2.75) is 13.0 Å². The Kier molecular flexibility index (Phi) is 3.35. The lowest BCUT2D eigenvalue weighted by atomic mass is 10.1. The van der Waals surface area contributed by atoms with Crippen molar-refractivity contribution < 1.29 is 9.47 Å². The summed E-state index contributed by atoms with van der Waals surface area (Å²) in [6.45, 7) is 3.52. The van der Waals surface area contributed by atoms with Crippen molar-refractivity contribution in [1.82, 2.24) is 14.9 Å². The molecule has 22 heavy (non-hydrogen) atoms. The van der Waals surface area contributed by atoms with Crippen LogP contribution in [-0.2, 0) is 13.0 Å². The molecule has 0 unspecified atom stereocenters. The Morgan fingerprint density at radius 3 is 3.27 bits per heavy atom. The SMILES string of the molecule is COc1cccc2c1OCC(CN1CCc3nc[nH]c3C1)=C2. The molecule has 0 spiro atoms. The van der Waals surface area contributed by atoms with E-state index in [1.54, 1.807) is 13.4 Å².